The van der Waals surface area contributed by atoms with Crippen molar-refractivity contribution in [1.82, 2.24) is 4.57 Å². The molecule has 1 heterocycles. The van der Waals surface area contributed by atoms with Gasteiger partial charge in [-0.3, -0.25) is 9.56 Å². The summed E-state index contributed by atoms with van der Waals surface area (Å²) in [6.07, 6.45) is 8.33. The molecule has 0 atom stereocenters. The molecule has 0 spiro atoms. The topological polar surface area (TPSA) is 17.3 Å². The lowest BCUT2D eigenvalue weighted by molar-refractivity contribution is -0.000277. The fourth-order valence-corrected chi connectivity index (χ4v) is 7.44. The first kappa shape index (κ1) is 16.8. The van der Waals surface area contributed by atoms with Gasteiger partial charge in [0.15, 0.2) is 4.80 Å². The third kappa shape index (κ3) is 2.79. The quantitative estimate of drug-likeness (QED) is 0.519. The summed E-state index contributed by atoms with van der Waals surface area (Å²) in [5, 5.41) is 2.29. The summed E-state index contributed by atoms with van der Waals surface area (Å²) >= 11 is 1.81. The first-order valence-corrected chi connectivity index (χ1v) is 11.5. The van der Waals surface area contributed by atoms with Gasteiger partial charge in [-0.2, -0.15) is 0 Å². The van der Waals surface area contributed by atoms with Gasteiger partial charge in [-0.25, -0.2) is 0 Å². The molecule has 4 aliphatic carbocycles. The van der Waals surface area contributed by atoms with Gasteiger partial charge in [0, 0.05) is 11.1 Å². The van der Waals surface area contributed by atoms with Crippen molar-refractivity contribution < 1.29 is 0 Å². The second kappa shape index (κ2) is 6.45. The van der Waals surface area contributed by atoms with Crippen LogP contribution in [-0.2, 0) is 0 Å². The van der Waals surface area contributed by atoms with E-state index in [2.05, 4.69) is 70.6 Å². The van der Waals surface area contributed by atoms with E-state index in [9.17, 15) is 0 Å². The Morgan fingerprint density at radius 2 is 1.36 bits per heavy atom. The fourth-order valence-electron chi connectivity index (χ4n) is 6.43. The van der Waals surface area contributed by atoms with Crippen LogP contribution in [0.4, 0.5) is 0 Å². The minimum Gasteiger partial charge on any atom is -0.285 e. The Hall–Kier alpha value is -2.13. The highest BCUT2D eigenvalue weighted by Gasteiger charge is 2.51. The van der Waals surface area contributed by atoms with Gasteiger partial charge >= 0.3 is 0 Å². The predicted octanol–water partition coefficient (Wildman–Crippen LogP) is 6.08. The Balaban J connectivity index is 1.53. The Labute approximate surface area is 170 Å². The summed E-state index contributed by atoms with van der Waals surface area (Å²) in [4.78, 5) is 6.73. The SMILES string of the molecule is c1ccc(-c2csc(=NC34CC5CC(CC(C5)C3)C4)n2-c2ccccc2)cc1. The molecular formula is C25H26N2S. The maximum atomic E-state index is 5.55. The molecule has 0 amide bonds. The lowest BCUT2D eigenvalue weighted by Gasteiger charge is -2.54. The molecule has 4 bridgehead atoms. The molecule has 4 aliphatic rings. The van der Waals surface area contributed by atoms with Crippen molar-refractivity contribution in [2.45, 2.75) is 44.1 Å². The summed E-state index contributed by atoms with van der Waals surface area (Å²) in [5.41, 5.74) is 3.92. The molecule has 2 aromatic carbocycles. The van der Waals surface area contributed by atoms with E-state index >= 15 is 0 Å². The Morgan fingerprint density at radius 1 is 0.786 bits per heavy atom. The van der Waals surface area contributed by atoms with Crippen molar-refractivity contribution in [3.05, 3.63) is 70.8 Å². The van der Waals surface area contributed by atoms with Crippen LogP contribution in [0.3, 0.4) is 0 Å². The van der Waals surface area contributed by atoms with Crippen LogP contribution in [0.1, 0.15) is 38.5 Å². The smallest absolute Gasteiger partial charge is 0.190 e. The van der Waals surface area contributed by atoms with E-state index in [0.29, 0.717) is 0 Å². The van der Waals surface area contributed by atoms with Crippen LogP contribution in [0.25, 0.3) is 16.9 Å². The van der Waals surface area contributed by atoms with Crippen LogP contribution in [0, 0.1) is 17.8 Å². The van der Waals surface area contributed by atoms with Crippen LogP contribution >= 0.6 is 11.3 Å². The van der Waals surface area contributed by atoms with Gasteiger partial charge in [-0.15, -0.1) is 11.3 Å². The first-order valence-electron chi connectivity index (χ1n) is 10.7. The molecule has 4 saturated carbocycles. The molecule has 0 N–H and O–H groups in total. The third-order valence-corrected chi connectivity index (χ3v) is 7.96. The van der Waals surface area contributed by atoms with Crippen molar-refractivity contribution >= 4 is 11.3 Å². The number of hydrogen-bond donors (Lipinski definition) is 0. The zero-order valence-corrected chi connectivity index (χ0v) is 16.9. The molecule has 2 nitrogen and oxygen atoms in total. The monoisotopic (exact) mass is 386 g/mol. The van der Waals surface area contributed by atoms with Gasteiger partial charge < -0.3 is 0 Å². The van der Waals surface area contributed by atoms with E-state index < -0.39 is 0 Å². The number of aromatic nitrogens is 1. The summed E-state index contributed by atoms with van der Waals surface area (Å²) in [7, 11) is 0. The van der Waals surface area contributed by atoms with E-state index in [1.807, 2.05) is 11.3 Å². The van der Waals surface area contributed by atoms with E-state index in [1.54, 1.807) is 0 Å². The molecule has 3 aromatic rings. The summed E-state index contributed by atoms with van der Waals surface area (Å²) < 4.78 is 2.39. The number of rotatable bonds is 3. The molecule has 4 fully saturated rings. The molecule has 0 unspecified atom stereocenters. The summed E-state index contributed by atoms with van der Waals surface area (Å²) in [5.74, 6) is 2.77. The normalized spacial score (nSPS) is 31.4. The first-order chi connectivity index (χ1) is 13.8. The molecule has 7 rings (SSSR count). The number of nitrogens with zero attached hydrogens (tertiary/aromatic N) is 2. The highest BCUT2D eigenvalue weighted by Crippen LogP contribution is 2.57. The van der Waals surface area contributed by atoms with Gasteiger partial charge in [0.25, 0.3) is 0 Å². The highest BCUT2D eigenvalue weighted by molar-refractivity contribution is 7.07. The minimum absolute atomic E-state index is 0.199. The van der Waals surface area contributed by atoms with Crippen molar-refractivity contribution in [1.29, 1.82) is 0 Å². The van der Waals surface area contributed by atoms with Gasteiger partial charge in [-0.05, 0) is 74.0 Å². The molecule has 142 valence electrons. The molecule has 3 heteroatoms. The minimum atomic E-state index is 0.199. The van der Waals surface area contributed by atoms with Crippen LogP contribution in [0.2, 0.25) is 0 Å². The van der Waals surface area contributed by atoms with Crippen molar-refractivity contribution in [3.63, 3.8) is 0 Å². The number of para-hydroxylation sites is 1. The van der Waals surface area contributed by atoms with Crippen molar-refractivity contribution in [3.8, 4) is 16.9 Å². The molecule has 0 aliphatic heterocycles. The van der Waals surface area contributed by atoms with E-state index in [-0.39, 0.29) is 5.54 Å². The number of thiazole rings is 1. The van der Waals surface area contributed by atoms with Crippen LogP contribution in [0.15, 0.2) is 71.0 Å². The molecule has 28 heavy (non-hydrogen) atoms. The third-order valence-electron chi connectivity index (χ3n) is 7.13. The Kier molecular flexibility index (Phi) is 3.87. The van der Waals surface area contributed by atoms with Gasteiger partial charge in [-0.1, -0.05) is 48.5 Å². The van der Waals surface area contributed by atoms with Gasteiger partial charge in [0.05, 0.1) is 11.2 Å². The number of benzene rings is 2. The van der Waals surface area contributed by atoms with E-state index in [1.165, 1.54) is 60.3 Å². The Bertz CT molecular complexity index is 1010. The predicted molar refractivity (Wildman–Crippen MR) is 116 cm³/mol. The van der Waals surface area contributed by atoms with E-state index in [0.717, 1.165) is 17.8 Å². The van der Waals surface area contributed by atoms with E-state index in [4.69, 9.17) is 4.99 Å². The maximum absolute atomic E-state index is 5.55. The molecule has 0 radical (unpaired) electrons. The summed E-state index contributed by atoms with van der Waals surface area (Å²) in [6.45, 7) is 0. The van der Waals surface area contributed by atoms with Crippen LogP contribution in [0.5, 0.6) is 0 Å². The second-order valence-electron chi connectivity index (χ2n) is 9.19. The Morgan fingerprint density at radius 3 is 1.96 bits per heavy atom. The summed E-state index contributed by atoms with van der Waals surface area (Å²) in [6, 6.07) is 21.5. The second-order valence-corrected chi connectivity index (χ2v) is 10.0. The molecule has 0 saturated heterocycles. The van der Waals surface area contributed by atoms with Crippen molar-refractivity contribution in [2.24, 2.45) is 22.7 Å². The number of hydrogen-bond acceptors (Lipinski definition) is 2. The van der Waals surface area contributed by atoms with Gasteiger partial charge in [0.1, 0.15) is 0 Å². The maximum Gasteiger partial charge on any atom is 0.190 e. The highest BCUT2D eigenvalue weighted by atomic mass is 32.1. The average molecular weight is 387 g/mol. The van der Waals surface area contributed by atoms with Gasteiger partial charge in [0.2, 0.25) is 0 Å². The fraction of sp³-hybridized carbons (Fsp3) is 0.400. The average Bonchev–Trinajstić information content (AvgIpc) is 3.11. The van der Waals surface area contributed by atoms with Crippen LogP contribution in [-0.4, -0.2) is 10.1 Å². The zero-order valence-electron chi connectivity index (χ0n) is 16.1. The lowest BCUT2D eigenvalue weighted by Crippen LogP contribution is -2.50. The molecular weight excluding hydrogens is 360 g/mol. The zero-order chi connectivity index (χ0) is 18.6. The molecule has 1 aromatic heterocycles. The van der Waals surface area contributed by atoms with Crippen LogP contribution < -0.4 is 4.80 Å². The lowest BCUT2D eigenvalue weighted by atomic mass is 9.53. The van der Waals surface area contributed by atoms with Crippen molar-refractivity contribution in [2.75, 3.05) is 0 Å². The standard InChI is InChI=1S/C25H26N2S/c1-3-7-21(8-4-1)23-17-28-24(27(23)22-9-5-2-6-10-22)26-25-14-18-11-19(15-25)13-20(12-18)16-25/h1-10,17-20H,11-16H2. The largest absolute Gasteiger partial charge is 0.285 e.